The van der Waals surface area contributed by atoms with Gasteiger partial charge < -0.3 is 10.3 Å². The van der Waals surface area contributed by atoms with Crippen LogP contribution in [0.4, 0.5) is 23.8 Å². The van der Waals surface area contributed by atoms with Crippen molar-refractivity contribution in [2.24, 2.45) is 0 Å². The Morgan fingerprint density at radius 1 is 1.46 bits per heavy atom. The first-order chi connectivity index (χ1) is 11.4. The van der Waals surface area contributed by atoms with Crippen molar-refractivity contribution in [2.45, 2.75) is 25.1 Å². The number of aromatic amines is 1. The average molecular weight is 341 g/mol. The van der Waals surface area contributed by atoms with E-state index >= 15 is 0 Å². The Hall–Kier alpha value is -2.29. The summed E-state index contributed by atoms with van der Waals surface area (Å²) in [5, 5.41) is 6.13. The largest absolute Gasteiger partial charge is 0.401 e. The number of pyridine rings is 1. The molecule has 3 N–H and O–H groups in total. The highest BCUT2D eigenvalue weighted by atomic mass is 19.4. The molecule has 0 radical (unpaired) electrons. The molecule has 1 unspecified atom stereocenters. The average Bonchev–Trinajstić information content (AvgIpc) is 3.12. The molecule has 0 spiro atoms. The molecular formula is C15H18F3N5O. The fraction of sp³-hybridized carbons (Fsp3) is 0.467. The Bertz CT molecular complexity index is 714. The number of anilines is 1. The van der Waals surface area contributed by atoms with E-state index in [0.29, 0.717) is 25.2 Å². The molecule has 2 aromatic heterocycles. The summed E-state index contributed by atoms with van der Waals surface area (Å²) in [6, 6.07) is 2.80. The third kappa shape index (κ3) is 4.16. The van der Waals surface area contributed by atoms with Crippen molar-refractivity contribution in [2.75, 3.05) is 25.0 Å². The van der Waals surface area contributed by atoms with E-state index in [1.54, 1.807) is 18.5 Å². The zero-order valence-electron chi connectivity index (χ0n) is 12.9. The molecule has 0 aromatic carbocycles. The summed E-state index contributed by atoms with van der Waals surface area (Å²) in [4.78, 5) is 20.4. The Morgan fingerprint density at radius 2 is 2.29 bits per heavy atom. The molecule has 1 atom stereocenters. The topological polar surface area (TPSA) is 73.1 Å². The standard InChI is InChI=1S/C15H18F3N5O/c16-15(17,18)9-23-5-1-2-11(23)7-21-14(24)22-13-6-10-3-4-19-12(10)8-20-13/h3-4,6,8,11,19H,1-2,5,7,9H2,(H2,20,21,22,24). The number of carbonyl (C=O) groups excluding carboxylic acids is 1. The summed E-state index contributed by atoms with van der Waals surface area (Å²) < 4.78 is 37.5. The summed E-state index contributed by atoms with van der Waals surface area (Å²) >= 11 is 0. The van der Waals surface area contributed by atoms with Crippen molar-refractivity contribution in [3.8, 4) is 0 Å². The molecule has 0 saturated carbocycles. The van der Waals surface area contributed by atoms with Crippen LogP contribution >= 0.6 is 0 Å². The normalized spacial score (nSPS) is 18.9. The molecule has 9 heteroatoms. The minimum Gasteiger partial charge on any atom is -0.360 e. The fourth-order valence-electron chi connectivity index (χ4n) is 2.95. The predicted octanol–water partition coefficient (Wildman–Crippen LogP) is 2.71. The lowest BCUT2D eigenvalue weighted by atomic mass is 10.2. The van der Waals surface area contributed by atoms with Gasteiger partial charge in [-0.3, -0.25) is 10.2 Å². The molecule has 0 bridgehead atoms. The third-order valence-electron chi connectivity index (χ3n) is 4.06. The van der Waals surface area contributed by atoms with E-state index in [9.17, 15) is 18.0 Å². The van der Waals surface area contributed by atoms with Crippen LogP contribution in [0.15, 0.2) is 24.5 Å². The van der Waals surface area contributed by atoms with Crippen LogP contribution in [0.25, 0.3) is 10.9 Å². The fourth-order valence-corrected chi connectivity index (χ4v) is 2.95. The van der Waals surface area contributed by atoms with E-state index < -0.39 is 18.8 Å². The van der Waals surface area contributed by atoms with Gasteiger partial charge in [0.15, 0.2) is 0 Å². The Morgan fingerprint density at radius 3 is 3.08 bits per heavy atom. The quantitative estimate of drug-likeness (QED) is 0.801. The molecule has 1 fully saturated rings. The van der Waals surface area contributed by atoms with Gasteiger partial charge in [-0.25, -0.2) is 9.78 Å². The van der Waals surface area contributed by atoms with Gasteiger partial charge >= 0.3 is 12.2 Å². The molecule has 2 amide bonds. The lowest BCUT2D eigenvalue weighted by molar-refractivity contribution is -0.147. The van der Waals surface area contributed by atoms with Gasteiger partial charge in [-0.2, -0.15) is 13.2 Å². The Kier molecular flexibility index (Phi) is 4.61. The monoisotopic (exact) mass is 341 g/mol. The van der Waals surface area contributed by atoms with Gasteiger partial charge in [0.2, 0.25) is 0 Å². The number of alkyl halides is 3. The zero-order chi connectivity index (χ0) is 17.2. The van der Waals surface area contributed by atoms with Crippen molar-refractivity contribution in [3.05, 3.63) is 24.5 Å². The van der Waals surface area contributed by atoms with Crippen LogP contribution in [0.1, 0.15) is 12.8 Å². The highest BCUT2D eigenvalue weighted by molar-refractivity contribution is 5.91. The first-order valence-corrected chi connectivity index (χ1v) is 7.69. The molecule has 0 aliphatic carbocycles. The molecule has 1 saturated heterocycles. The van der Waals surface area contributed by atoms with Gasteiger partial charge in [-0.15, -0.1) is 0 Å². The van der Waals surface area contributed by atoms with E-state index in [1.807, 2.05) is 6.07 Å². The lowest BCUT2D eigenvalue weighted by Crippen LogP contribution is -2.44. The van der Waals surface area contributed by atoms with Crippen LogP contribution < -0.4 is 10.6 Å². The zero-order valence-corrected chi connectivity index (χ0v) is 12.9. The maximum absolute atomic E-state index is 12.5. The highest BCUT2D eigenvalue weighted by Crippen LogP contribution is 2.23. The number of urea groups is 1. The molecule has 6 nitrogen and oxygen atoms in total. The van der Waals surface area contributed by atoms with Crippen LogP contribution in [0.2, 0.25) is 0 Å². The number of likely N-dealkylation sites (tertiary alicyclic amines) is 1. The maximum Gasteiger partial charge on any atom is 0.401 e. The van der Waals surface area contributed by atoms with E-state index in [1.165, 1.54) is 4.90 Å². The highest BCUT2D eigenvalue weighted by Gasteiger charge is 2.36. The summed E-state index contributed by atoms with van der Waals surface area (Å²) in [5.74, 6) is 0.387. The third-order valence-corrected chi connectivity index (χ3v) is 4.06. The van der Waals surface area contributed by atoms with Gasteiger partial charge in [-0.1, -0.05) is 0 Å². The van der Waals surface area contributed by atoms with Crippen LogP contribution in [0.3, 0.4) is 0 Å². The number of aromatic nitrogens is 2. The summed E-state index contributed by atoms with van der Waals surface area (Å²) in [6.07, 6.45) is 0.499. The minimum atomic E-state index is -4.22. The van der Waals surface area contributed by atoms with Crippen LogP contribution in [0.5, 0.6) is 0 Å². The van der Waals surface area contributed by atoms with E-state index in [2.05, 4.69) is 20.6 Å². The number of nitrogens with zero attached hydrogens (tertiary/aromatic N) is 2. The van der Waals surface area contributed by atoms with Gasteiger partial charge in [0.25, 0.3) is 0 Å². The SMILES string of the molecule is O=C(NCC1CCCN1CC(F)(F)F)Nc1cc2cc[nH]c2cn1. The second-order valence-electron chi connectivity index (χ2n) is 5.85. The Labute approximate surface area is 136 Å². The molecule has 1 aliphatic rings. The van der Waals surface area contributed by atoms with Crippen LogP contribution in [-0.4, -0.2) is 52.8 Å². The van der Waals surface area contributed by atoms with Gasteiger partial charge in [0, 0.05) is 24.2 Å². The summed E-state index contributed by atoms with van der Waals surface area (Å²) in [7, 11) is 0. The Balaban J connectivity index is 1.51. The van der Waals surface area contributed by atoms with E-state index in [0.717, 1.165) is 10.9 Å². The van der Waals surface area contributed by atoms with Crippen molar-refractivity contribution in [1.82, 2.24) is 20.2 Å². The first kappa shape index (κ1) is 16.6. The number of hydrogen-bond donors (Lipinski definition) is 3. The second kappa shape index (κ2) is 6.68. The number of amides is 2. The number of halogens is 3. The van der Waals surface area contributed by atoms with E-state index in [-0.39, 0.29) is 12.6 Å². The first-order valence-electron chi connectivity index (χ1n) is 7.69. The molecule has 24 heavy (non-hydrogen) atoms. The van der Waals surface area contributed by atoms with Crippen molar-refractivity contribution >= 4 is 22.8 Å². The molecular weight excluding hydrogens is 323 g/mol. The number of hydrogen-bond acceptors (Lipinski definition) is 3. The van der Waals surface area contributed by atoms with Crippen LogP contribution in [0, 0.1) is 0 Å². The molecule has 130 valence electrons. The van der Waals surface area contributed by atoms with Gasteiger partial charge in [0.05, 0.1) is 18.3 Å². The van der Waals surface area contributed by atoms with Gasteiger partial charge in [0.1, 0.15) is 5.82 Å². The van der Waals surface area contributed by atoms with E-state index in [4.69, 9.17) is 0 Å². The number of H-pyrrole nitrogens is 1. The van der Waals surface area contributed by atoms with Crippen LogP contribution in [-0.2, 0) is 0 Å². The predicted molar refractivity (Wildman–Crippen MR) is 83.8 cm³/mol. The number of carbonyl (C=O) groups is 1. The second-order valence-corrected chi connectivity index (χ2v) is 5.85. The maximum atomic E-state index is 12.5. The molecule has 2 aromatic rings. The summed E-state index contributed by atoms with van der Waals surface area (Å²) in [6.45, 7) is -0.361. The number of fused-ring (bicyclic) bond motifs is 1. The van der Waals surface area contributed by atoms with Gasteiger partial charge in [-0.05, 0) is 31.5 Å². The minimum absolute atomic E-state index is 0.175. The molecule has 1 aliphatic heterocycles. The lowest BCUT2D eigenvalue weighted by Gasteiger charge is -2.25. The number of nitrogens with one attached hydrogen (secondary N) is 3. The van der Waals surface area contributed by atoms with Crippen molar-refractivity contribution in [1.29, 1.82) is 0 Å². The molecule has 3 heterocycles. The molecule has 3 rings (SSSR count). The number of rotatable bonds is 4. The summed E-state index contributed by atoms with van der Waals surface area (Å²) in [5.41, 5.74) is 0.856. The van der Waals surface area contributed by atoms with Crippen molar-refractivity contribution < 1.29 is 18.0 Å². The van der Waals surface area contributed by atoms with Crippen molar-refractivity contribution in [3.63, 3.8) is 0 Å². The smallest absolute Gasteiger partial charge is 0.360 e.